The molecule has 0 unspecified atom stereocenters. The summed E-state index contributed by atoms with van der Waals surface area (Å²) in [6.45, 7) is 2.33. The van der Waals surface area contributed by atoms with Gasteiger partial charge >= 0.3 is 5.63 Å². The molecule has 0 bridgehead atoms. The summed E-state index contributed by atoms with van der Waals surface area (Å²) in [7, 11) is 1.48. The van der Waals surface area contributed by atoms with E-state index in [9.17, 15) is 14.4 Å². The van der Waals surface area contributed by atoms with Crippen LogP contribution in [0.2, 0.25) is 0 Å². The smallest absolute Gasteiger partial charge is 0.349 e. The molecule has 1 saturated heterocycles. The lowest BCUT2D eigenvalue weighted by atomic mass is 10.1. The third-order valence-corrected chi connectivity index (χ3v) is 5.12. The molecule has 160 valence electrons. The van der Waals surface area contributed by atoms with Gasteiger partial charge in [0.1, 0.15) is 5.56 Å². The molecule has 2 heterocycles. The molecule has 1 aliphatic heterocycles. The predicted octanol–water partition coefficient (Wildman–Crippen LogP) is 2.46. The van der Waals surface area contributed by atoms with Crippen molar-refractivity contribution in [3.8, 4) is 5.75 Å². The van der Waals surface area contributed by atoms with Crippen LogP contribution in [0.4, 0.5) is 5.69 Å². The van der Waals surface area contributed by atoms with Gasteiger partial charge in [-0.1, -0.05) is 24.3 Å². The lowest BCUT2D eigenvalue weighted by Gasteiger charge is -2.26. The van der Waals surface area contributed by atoms with Gasteiger partial charge in [0.2, 0.25) is 5.91 Å². The first-order valence-corrected chi connectivity index (χ1v) is 9.92. The quantitative estimate of drug-likeness (QED) is 0.635. The maximum Gasteiger partial charge on any atom is 0.349 e. The molecule has 0 spiro atoms. The Morgan fingerprint density at radius 2 is 1.84 bits per heavy atom. The van der Waals surface area contributed by atoms with Gasteiger partial charge in [-0.05, 0) is 29.8 Å². The second-order valence-electron chi connectivity index (χ2n) is 7.15. The van der Waals surface area contributed by atoms with Crippen LogP contribution in [0.25, 0.3) is 11.0 Å². The van der Waals surface area contributed by atoms with Gasteiger partial charge in [-0.25, -0.2) is 4.79 Å². The van der Waals surface area contributed by atoms with Crippen LogP contribution in [0.1, 0.15) is 15.9 Å². The van der Waals surface area contributed by atoms with E-state index in [-0.39, 0.29) is 17.9 Å². The van der Waals surface area contributed by atoms with Crippen molar-refractivity contribution in [1.29, 1.82) is 0 Å². The van der Waals surface area contributed by atoms with Crippen LogP contribution >= 0.6 is 0 Å². The maximum absolute atomic E-state index is 12.6. The third kappa shape index (κ3) is 4.59. The van der Waals surface area contributed by atoms with Crippen LogP contribution < -0.4 is 15.7 Å². The normalized spacial score (nSPS) is 13.8. The molecule has 3 aromatic rings. The van der Waals surface area contributed by atoms with Crippen molar-refractivity contribution in [2.45, 2.75) is 6.42 Å². The fourth-order valence-electron chi connectivity index (χ4n) is 3.44. The molecule has 8 nitrogen and oxygen atoms in total. The van der Waals surface area contributed by atoms with E-state index < -0.39 is 11.5 Å². The molecule has 0 atom stereocenters. The van der Waals surface area contributed by atoms with Gasteiger partial charge in [0.05, 0.1) is 26.7 Å². The average Bonchev–Trinajstić information content (AvgIpc) is 2.80. The molecule has 1 N–H and O–H groups in total. The monoisotopic (exact) mass is 422 g/mol. The summed E-state index contributed by atoms with van der Waals surface area (Å²) in [5.41, 5.74) is 0.792. The maximum atomic E-state index is 12.6. The second kappa shape index (κ2) is 9.01. The Bertz CT molecular complexity index is 1160. The molecule has 0 radical (unpaired) electrons. The number of fused-ring (bicyclic) bond motifs is 1. The molecule has 31 heavy (non-hydrogen) atoms. The highest BCUT2D eigenvalue weighted by atomic mass is 16.5. The Balaban J connectivity index is 1.45. The molecule has 1 aliphatic rings. The van der Waals surface area contributed by atoms with Crippen molar-refractivity contribution in [2.75, 3.05) is 38.7 Å². The van der Waals surface area contributed by atoms with Gasteiger partial charge in [0, 0.05) is 24.2 Å². The molecule has 1 fully saturated rings. The zero-order valence-corrected chi connectivity index (χ0v) is 17.1. The van der Waals surface area contributed by atoms with Crippen molar-refractivity contribution < 1.29 is 23.5 Å². The number of nitrogens with zero attached hydrogens (tertiary/aromatic N) is 1. The van der Waals surface area contributed by atoms with Gasteiger partial charge < -0.3 is 24.1 Å². The number of rotatable bonds is 5. The van der Waals surface area contributed by atoms with Crippen LogP contribution in [0, 0.1) is 0 Å². The van der Waals surface area contributed by atoms with E-state index in [0.29, 0.717) is 48.7 Å². The zero-order valence-electron chi connectivity index (χ0n) is 17.1. The van der Waals surface area contributed by atoms with E-state index in [2.05, 4.69) is 5.32 Å². The van der Waals surface area contributed by atoms with Crippen LogP contribution in [-0.4, -0.2) is 50.1 Å². The highest BCUT2D eigenvalue weighted by Gasteiger charge is 2.18. The van der Waals surface area contributed by atoms with Gasteiger partial charge in [0.25, 0.3) is 5.91 Å². The largest absolute Gasteiger partial charge is 0.493 e. The number of amides is 2. The number of nitrogens with one attached hydrogen (secondary N) is 1. The number of morpholine rings is 1. The summed E-state index contributed by atoms with van der Waals surface area (Å²) in [6, 6.07) is 13.6. The number of para-hydroxylation sites is 1. The van der Waals surface area contributed by atoms with E-state index in [0.717, 1.165) is 5.56 Å². The van der Waals surface area contributed by atoms with Gasteiger partial charge in [-0.2, -0.15) is 0 Å². The number of hydrogen-bond acceptors (Lipinski definition) is 6. The topological polar surface area (TPSA) is 98.1 Å². The Hall–Kier alpha value is -3.65. The molecular formula is C23H22N2O6. The van der Waals surface area contributed by atoms with Crippen LogP contribution in [0.5, 0.6) is 5.75 Å². The fourth-order valence-corrected chi connectivity index (χ4v) is 3.44. The molecule has 2 aromatic carbocycles. The highest BCUT2D eigenvalue weighted by Crippen LogP contribution is 2.24. The first-order chi connectivity index (χ1) is 15.0. The SMILES string of the molecule is COc1cccc2cc(C(=O)Nc3ccc(CC(=O)N4CCOCC4)cc3)c(=O)oc12. The molecule has 8 heteroatoms. The van der Waals surface area contributed by atoms with E-state index in [1.54, 1.807) is 47.4 Å². The number of benzene rings is 2. The van der Waals surface area contributed by atoms with Crippen LogP contribution in [0.15, 0.2) is 57.7 Å². The van der Waals surface area contributed by atoms with Crippen LogP contribution in [-0.2, 0) is 16.0 Å². The summed E-state index contributed by atoms with van der Waals surface area (Å²) in [6.07, 6.45) is 0.282. The first-order valence-electron chi connectivity index (χ1n) is 9.92. The van der Waals surface area contributed by atoms with Crippen molar-refractivity contribution >= 4 is 28.5 Å². The predicted molar refractivity (Wildman–Crippen MR) is 115 cm³/mol. The number of carbonyl (C=O) groups excluding carboxylic acids is 2. The van der Waals surface area contributed by atoms with E-state index in [1.165, 1.54) is 13.2 Å². The Morgan fingerprint density at radius 1 is 1.10 bits per heavy atom. The summed E-state index contributed by atoms with van der Waals surface area (Å²) in [4.78, 5) is 39.1. The molecule has 1 aromatic heterocycles. The third-order valence-electron chi connectivity index (χ3n) is 5.12. The molecular weight excluding hydrogens is 400 g/mol. The van der Waals surface area contributed by atoms with E-state index >= 15 is 0 Å². The summed E-state index contributed by atoms with van der Waals surface area (Å²) >= 11 is 0. The minimum absolute atomic E-state index is 0.0456. The minimum atomic E-state index is -0.748. The molecule has 0 aliphatic carbocycles. The van der Waals surface area contributed by atoms with E-state index in [4.69, 9.17) is 13.9 Å². The second-order valence-corrected chi connectivity index (χ2v) is 7.15. The lowest BCUT2D eigenvalue weighted by molar-refractivity contribution is -0.134. The zero-order chi connectivity index (χ0) is 21.8. The molecule has 0 saturated carbocycles. The van der Waals surface area contributed by atoms with E-state index in [1.807, 2.05) is 0 Å². The Labute approximate surface area is 178 Å². The first kappa shape index (κ1) is 20.6. The van der Waals surface area contributed by atoms with Gasteiger partial charge in [-0.3, -0.25) is 9.59 Å². The van der Waals surface area contributed by atoms with Crippen molar-refractivity contribution in [3.63, 3.8) is 0 Å². The summed E-state index contributed by atoms with van der Waals surface area (Å²) in [5, 5.41) is 3.28. The number of carbonyl (C=O) groups is 2. The lowest BCUT2D eigenvalue weighted by Crippen LogP contribution is -2.41. The Morgan fingerprint density at radius 3 is 2.55 bits per heavy atom. The number of hydrogen-bond donors (Lipinski definition) is 1. The van der Waals surface area contributed by atoms with Crippen molar-refractivity contribution in [2.24, 2.45) is 0 Å². The number of anilines is 1. The summed E-state index contributed by atoms with van der Waals surface area (Å²) in [5.74, 6) is -0.108. The minimum Gasteiger partial charge on any atom is -0.493 e. The van der Waals surface area contributed by atoms with Crippen molar-refractivity contribution in [3.05, 3.63) is 70.1 Å². The van der Waals surface area contributed by atoms with Crippen LogP contribution in [0.3, 0.4) is 0 Å². The molecule has 2 amide bonds. The van der Waals surface area contributed by atoms with Crippen molar-refractivity contribution in [1.82, 2.24) is 4.90 Å². The van der Waals surface area contributed by atoms with Gasteiger partial charge in [0.15, 0.2) is 11.3 Å². The average molecular weight is 422 g/mol. The fraction of sp³-hybridized carbons (Fsp3) is 0.261. The standard InChI is InChI=1S/C23H22N2O6/c1-29-19-4-2-3-16-14-18(23(28)31-21(16)19)22(27)24-17-7-5-15(6-8-17)13-20(26)25-9-11-30-12-10-25/h2-8,14H,9-13H2,1H3,(H,24,27). The number of methoxy groups -OCH3 is 1. The Kier molecular flexibility index (Phi) is 5.99. The molecule has 4 rings (SSSR count). The summed E-state index contributed by atoms with van der Waals surface area (Å²) < 4.78 is 15.8. The number of ether oxygens (including phenoxy) is 2. The highest BCUT2D eigenvalue weighted by molar-refractivity contribution is 6.05. The van der Waals surface area contributed by atoms with Gasteiger partial charge in [-0.15, -0.1) is 0 Å².